The van der Waals surface area contributed by atoms with Crippen molar-refractivity contribution in [2.45, 2.75) is 0 Å². The van der Waals surface area contributed by atoms with Crippen LogP contribution in [0.2, 0.25) is 0 Å². The predicted molar refractivity (Wildman–Crippen MR) is 232 cm³/mol. The summed E-state index contributed by atoms with van der Waals surface area (Å²) in [5, 5.41) is 9.78. The van der Waals surface area contributed by atoms with Gasteiger partial charge in [-0.15, -0.1) is 11.3 Å². The van der Waals surface area contributed by atoms with Crippen LogP contribution < -0.4 is 0 Å². The van der Waals surface area contributed by atoms with E-state index in [-0.39, 0.29) is 0 Å². The molecule has 0 N–H and O–H groups in total. The normalized spacial score (nSPS) is 11.6. The number of fused-ring (bicyclic) bond motifs is 10. The van der Waals surface area contributed by atoms with Crippen LogP contribution >= 0.6 is 11.3 Å². The van der Waals surface area contributed by atoms with Crippen LogP contribution in [-0.4, -0.2) is 15.0 Å². The van der Waals surface area contributed by atoms with Crippen LogP contribution in [0.4, 0.5) is 0 Å². The maximum Gasteiger partial charge on any atom is 0.164 e. The van der Waals surface area contributed by atoms with E-state index in [1.165, 1.54) is 63.6 Å². The van der Waals surface area contributed by atoms with Crippen LogP contribution in [-0.2, 0) is 0 Å². The fourth-order valence-electron chi connectivity index (χ4n) is 8.11. The molecule has 4 heteroatoms. The van der Waals surface area contributed by atoms with Gasteiger partial charge in [0.25, 0.3) is 0 Å². The lowest BCUT2D eigenvalue weighted by Gasteiger charge is -2.15. The van der Waals surface area contributed by atoms with Crippen molar-refractivity contribution in [1.82, 2.24) is 15.0 Å². The summed E-state index contributed by atoms with van der Waals surface area (Å²) in [6.45, 7) is 0. The molecule has 11 rings (SSSR count). The topological polar surface area (TPSA) is 38.7 Å². The zero-order valence-corrected chi connectivity index (χ0v) is 30.5. The molecule has 0 fully saturated rings. The van der Waals surface area contributed by atoms with Gasteiger partial charge < -0.3 is 0 Å². The third-order valence-corrected chi connectivity index (χ3v) is 11.9. The van der Waals surface area contributed by atoms with E-state index in [1.54, 1.807) is 0 Å². The lowest BCUT2D eigenvalue weighted by molar-refractivity contribution is 1.08. The van der Waals surface area contributed by atoms with Gasteiger partial charge in [-0.05, 0) is 73.5 Å². The van der Waals surface area contributed by atoms with Gasteiger partial charge in [-0.3, -0.25) is 0 Å². The van der Waals surface area contributed by atoms with Crippen molar-refractivity contribution in [2.24, 2.45) is 0 Å². The van der Waals surface area contributed by atoms with Gasteiger partial charge in [0.15, 0.2) is 17.5 Å². The van der Waals surface area contributed by atoms with Crippen molar-refractivity contribution in [3.05, 3.63) is 188 Å². The van der Waals surface area contributed by atoms with Crippen molar-refractivity contribution in [3.8, 4) is 56.4 Å². The third kappa shape index (κ3) is 5.30. The number of rotatable bonds is 5. The molecule has 0 aliphatic rings. The molecule has 9 aromatic carbocycles. The Labute approximate surface area is 321 Å². The summed E-state index contributed by atoms with van der Waals surface area (Å²) >= 11 is 1.85. The van der Waals surface area contributed by atoms with E-state index >= 15 is 0 Å². The molecule has 0 atom stereocenters. The Morgan fingerprint density at radius 1 is 0.291 bits per heavy atom. The first kappa shape index (κ1) is 31.5. The van der Waals surface area contributed by atoms with Crippen LogP contribution in [0.25, 0.3) is 109 Å². The second-order valence-corrected chi connectivity index (χ2v) is 15.0. The molecule has 11 aromatic rings. The number of thiophene rings is 1. The third-order valence-electron chi connectivity index (χ3n) is 10.7. The SMILES string of the molecule is c1ccc(-c2cccc(-c3nc(-c4ccccc4)nc(-c4cc5c6ccc(-c7ccccc7)cc6c6ccccc6c5c5sc6ccccc6c45)n3)c2)cc1. The second-order valence-electron chi connectivity index (χ2n) is 13.9. The molecule has 0 saturated heterocycles. The van der Waals surface area contributed by atoms with E-state index < -0.39 is 0 Å². The highest BCUT2D eigenvalue weighted by atomic mass is 32.1. The van der Waals surface area contributed by atoms with Gasteiger partial charge >= 0.3 is 0 Å². The highest BCUT2D eigenvalue weighted by Crippen LogP contribution is 2.48. The quantitative estimate of drug-likeness (QED) is 0.166. The molecule has 2 heterocycles. The first-order chi connectivity index (χ1) is 27.3. The van der Waals surface area contributed by atoms with E-state index in [0.717, 1.165) is 27.8 Å². The molecule has 0 spiro atoms. The molecule has 0 amide bonds. The van der Waals surface area contributed by atoms with E-state index in [0.29, 0.717) is 17.5 Å². The van der Waals surface area contributed by atoms with Crippen molar-refractivity contribution < 1.29 is 0 Å². The molecule has 55 heavy (non-hydrogen) atoms. The van der Waals surface area contributed by atoms with Crippen LogP contribution in [0.15, 0.2) is 188 Å². The smallest absolute Gasteiger partial charge is 0.164 e. The summed E-state index contributed by atoms with van der Waals surface area (Å²) in [4.78, 5) is 15.8. The average Bonchev–Trinajstić information content (AvgIpc) is 3.66. The zero-order valence-electron chi connectivity index (χ0n) is 29.6. The van der Waals surface area contributed by atoms with Gasteiger partial charge in [-0.2, -0.15) is 0 Å². The van der Waals surface area contributed by atoms with Crippen molar-refractivity contribution in [1.29, 1.82) is 0 Å². The fraction of sp³-hybridized carbons (Fsp3) is 0. The van der Waals surface area contributed by atoms with Crippen molar-refractivity contribution >= 4 is 63.8 Å². The van der Waals surface area contributed by atoms with Gasteiger partial charge in [0.05, 0.1) is 0 Å². The summed E-state index contributed by atoms with van der Waals surface area (Å²) in [7, 11) is 0. The van der Waals surface area contributed by atoms with Gasteiger partial charge in [-0.1, -0.05) is 164 Å². The van der Waals surface area contributed by atoms with Gasteiger partial charge in [0.2, 0.25) is 0 Å². The van der Waals surface area contributed by atoms with Crippen molar-refractivity contribution in [3.63, 3.8) is 0 Å². The van der Waals surface area contributed by atoms with E-state index in [4.69, 9.17) is 15.0 Å². The molecule has 0 saturated carbocycles. The first-order valence-corrected chi connectivity index (χ1v) is 19.3. The van der Waals surface area contributed by atoms with Gasteiger partial charge in [-0.25, -0.2) is 15.0 Å². The van der Waals surface area contributed by atoms with Crippen LogP contribution in [0, 0.1) is 0 Å². The number of aromatic nitrogens is 3. The number of benzene rings is 9. The van der Waals surface area contributed by atoms with Gasteiger partial charge in [0, 0.05) is 42.2 Å². The summed E-state index contributed by atoms with van der Waals surface area (Å²) in [5.74, 6) is 1.95. The van der Waals surface area contributed by atoms with E-state index in [9.17, 15) is 0 Å². The molecule has 0 radical (unpaired) electrons. The number of hydrogen-bond donors (Lipinski definition) is 0. The lowest BCUT2D eigenvalue weighted by Crippen LogP contribution is -2.01. The molecule has 3 nitrogen and oxygen atoms in total. The number of hydrogen-bond acceptors (Lipinski definition) is 4. The Morgan fingerprint density at radius 3 is 1.55 bits per heavy atom. The Morgan fingerprint density at radius 2 is 0.818 bits per heavy atom. The summed E-state index contributed by atoms with van der Waals surface area (Å²) < 4.78 is 2.48. The number of nitrogens with zero attached hydrogens (tertiary/aromatic N) is 3. The average molecular weight is 718 g/mol. The van der Waals surface area contributed by atoms with Crippen LogP contribution in [0.5, 0.6) is 0 Å². The molecule has 2 aromatic heterocycles. The minimum absolute atomic E-state index is 0.644. The highest BCUT2D eigenvalue weighted by Gasteiger charge is 2.22. The molecule has 256 valence electrons. The maximum atomic E-state index is 5.36. The molecular weight excluding hydrogens is 687 g/mol. The maximum absolute atomic E-state index is 5.36. The van der Waals surface area contributed by atoms with Crippen LogP contribution in [0.3, 0.4) is 0 Å². The van der Waals surface area contributed by atoms with E-state index in [2.05, 4.69) is 164 Å². The molecular formula is C51H31N3S. The molecule has 0 aliphatic heterocycles. The predicted octanol–water partition coefficient (Wildman–Crippen LogP) is 14.0. The standard InChI is InChI=1S/C51H31N3S/c1-4-15-32(16-5-1)35-21-14-22-37(29-35)50-52-49(34-19-8-3-9-20-34)53-51(54-50)44-31-43-39-28-27-36(33-17-6-2-7-18-33)30-42(39)38-23-10-11-24-40(38)46(43)48-47(44)41-25-12-13-26-45(41)55-48/h1-31H. The van der Waals surface area contributed by atoms with Gasteiger partial charge in [0.1, 0.15) is 0 Å². The minimum Gasteiger partial charge on any atom is -0.208 e. The van der Waals surface area contributed by atoms with Crippen molar-refractivity contribution in [2.75, 3.05) is 0 Å². The largest absolute Gasteiger partial charge is 0.208 e. The monoisotopic (exact) mass is 717 g/mol. The van der Waals surface area contributed by atoms with Crippen LogP contribution in [0.1, 0.15) is 0 Å². The molecule has 0 unspecified atom stereocenters. The molecule has 0 bridgehead atoms. The summed E-state index contributed by atoms with van der Waals surface area (Å²) in [5.41, 5.74) is 7.57. The zero-order chi connectivity index (χ0) is 36.3. The lowest BCUT2D eigenvalue weighted by atomic mass is 9.89. The fourth-order valence-corrected chi connectivity index (χ4v) is 9.40. The molecule has 0 aliphatic carbocycles. The Hall–Kier alpha value is -7.01. The first-order valence-electron chi connectivity index (χ1n) is 18.5. The second kappa shape index (κ2) is 12.8. The Kier molecular flexibility index (Phi) is 7.35. The highest BCUT2D eigenvalue weighted by molar-refractivity contribution is 7.27. The van der Waals surface area contributed by atoms with E-state index in [1.807, 2.05) is 35.6 Å². The summed E-state index contributed by atoms with van der Waals surface area (Å²) in [6.07, 6.45) is 0. The Bertz CT molecular complexity index is 3240. The summed E-state index contributed by atoms with van der Waals surface area (Å²) in [6, 6.07) is 66.7. The Balaban J connectivity index is 1.25. The minimum atomic E-state index is 0.644.